The van der Waals surface area contributed by atoms with E-state index in [-0.39, 0.29) is 24.2 Å². The van der Waals surface area contributed by atoms with Crippen molar-refractivity contribution in [2.24, 2.45) is 0 Å². The largest absolute Gasteiger partial charge is 0.470 e. The number of amides is 1. The van der Waals surface area contributed by atoms with Gasteiger partial charge in [-0.2, -0.15) is 0 Å². The summed E-state index contributed by atoms with van der Waals surface area (Å²) in [6, 6.07) is 10.2. The smallest absolute Gasteiger partial charge is 0.278 e. The van der Waals surface area contributed by atoms with Gasteiger partial charge in [0.15, 0.2) is 11.9 Å². The molecule has 1 fully saturated rings. The van der Waals surface area contributed by atoms with Crippen molar-refractivity contribution < 1.29 is 9.53 Å². The predicted octanol–water partition coefficient (Wildman–Crippen LogP) is 2.35. The van der Waals surface area contributed by atoms with Crippen LogP contribution in [-0.4, -0.2) is 38.6 Å². The van der Waals surface area contributed by atoms with E-state index in [1.165, 1.54) is 4.68 Å². The van der Waals surface area contributed by atoms with Gasteiger partial charge in [0.1, 0.15) is 11.3 Å². The molecule has 2 aromatic carbocycles. The summed E-state index contributed by atoms with van der Waals surface area (Å²) in [7, 11) is 0. The molecule has 2 aliphatic heterocycles. The minimum atomic E-state index is -0.336. The molecule has 8 nitrogen and oxygen atoms in total. The zero-order chi connectivity index (χ0) is 19.3. The first-order valence-electron chi connectivity index (χ1n) is 9.00. The fraction of sp³-hybridized carbons (Fsp3) is 0.250. The Bertz CT molecular complexity index is 1230. The molecule has 0 bridgehead atoms. The lowest BCUT2D eigenvalue weighted by molar-refractivity contribution is 0.0295. The van der Waals surface area contributed by atoms with Gasteiger partial charge in [0, 0.05) is 13.0 Å². The van der Waals surface area contributed by atoms with Crippen LogP contribution in [0.1, 0.15) is 28.8 Å². The van der Waals surface area contributed by atoms with Gasteiger partial charge in [-0.25, -0.2) is 9.53 Å². The van der Waals surface area contributed by atoms with E-state index in [0.29, 0.717) is 40.0 Å². The fourth-order valence-corrected chi connectivity index (χ4v) is 3.78. The molecule has 138 valence electrons. The summed E-state index contributed by atoms with van der Waals surface area (Å²) in [5.74, 6) is 0.321. The van der Waals surface area contributed by atoms with Crippen molar-refractivity contribution in [3.8, 4) is 5.75 Å². The number of hydrogen-bond acceptors (Lipinski definition) is 5. The molecule has 5 rings (SSSR count). The van der Waals surface area contributed by atoms with Crippen LogP contribution in [0.15, 0.2) is 41.2 Å². The number of nitrogens with zero attached hydrogens (tertiary/aromatic N) is 5. The van der Waals surface area contributed by atoms with Gasteiger partial charge in [-0.15, -0.1) is 5.10 Å². The Kier molecular flexibility index (Phi) is 3.62. The Morgan fingerprint density at radius 3 is 2.96 bits per heavy atom. The van der Waals surface area contributed by atoms with E-state index < -0.39 is 0 Å². The van der Waals surface area contributed by atoms with Gasteiger partial charge in [0.2, 0.25) is 0 Å². The first-order valence-corrected chi connectivity index (χ1v) is 9.00. The van der Waals surface area contributed by atoms with Crippen LogP contribution in [0, 0.1) is 6.57 Å². The third-order valence-electron chi connectivity index (χ3n) is 5.21. The van der Waals surface area contributed by atoms with Crippen molar-refractivity contribution in [2.75, 3.05) is 6.54 Å². The zero-order valence-electron chi connectivity index (χ0n) is 14.8. The Hall–Kier alpha value is -3.73. The predicted molar refractivity (Wildman–Crippen MR) is 100 cm³/mol. The molecule has 1 aromatic heterocycles. The van der Waals surface area contributed by atoms with E-state index in [2.05, 4.69) is 15.2 Å². The van der Waals surface area contributed by atoms with Crippen molar-refractivity contribution in [1.82, 2.24) is 19.9 Å². The van der Waals surface area contributed by atoms with Crippen LogP contribution in [0.3, 0.4) is 0 Å². The van der Waals surface area contributed by atoms with Crippen LogP contribution >= 0.6 is 0 Å². The van der Waals surface area contributed by atoms with Crippen molar-refractivity contribution >= 4 is 22.5 Å². The van der Waals surface area contributed by atoms with Crippen LogP contribution in [0.2, 0.25) is 0 Å². The molecular formula is C20H15N5O3. The first-order chi connectivity index (χ1) is 13.7. The Morgan fingerprint density at radius 1 is 1.25 bits per heavy atom. The zero-order valence-corrected chi connectivity index (χ0v) is 14.8. The highest BCUT2D eigenvalue weighted by Gasteiger charge is 2.37. The fourth-order valence-electron chi connectivity index (χ4n) is 3.78. The summed E-state index contributed by atoms with van der Waals surface area (Å²) in [4.78, 5) is 30.8. The Labute approximate surface area is 159 Å². The molecule has 0 radical (unpaired) electrons. The Morgan fingerprint density at radius 2 is 2.11 bits per heavy atom. The molecule has 0 N–H and O–H groups in total. The molecule has 3 aromatic rings. The number of carbonyl (C=O) groups is 1. The third kappa shape index (κ3) is 2.44. The maximum atomic E-state index is 13.0. The highest BCUT2D eigenvalue weighted by molar-refractivity contribution is 6.01. The number of benzene rings is 2. The molecule has 1 saturated heterocycles. The molecule has 0 saturated carbocycles. The van der Waals surface area contributed by atoms with Gasteiger partial charge in [0.05, 0.1) is 24.1 Å². The SMILES string of the molecule is [C-]#[N+]c1ccccc1Cn1nnc2cc3c(cc2c1=O)OC1CCCN1C3=O. The average Bonchev–Trinajstić information content (AvgIpc) is 3.19. The van der Waals surface area contributed by atoms with Crippen molar-refractivity contribution in [2.45, 2.75) is 25.6 Å². The quantitative estimate of drug-likeness (QED) is 0.644. The molecule has 1 atom stereocenters. The van der Waals surface area contributed by atoms with Crippen LogP contribution in [0.25, 0.3) is 15.7 Å². The van der Waals surface area contributed by atoms with E-state index in [9.17, 15) is 9.59 Å². The monoisotopic (exact) mass is 373 g/mol. The van der Waals surface area contributed by atoms with Crippen molar-refractivity contribution in [3.63, 3.8) is 0 Å². The molecule has 2 aliphatic rings. The second-order valence-corrected chi connectivity index (χ2v) is 6.87. The highest BCUT2D eigenvalue weighted by Crippen LogP contribution is 2.34. The van der Waals surface area contributed by atoms with Crippen LogP contribution in [0.4, 0.5) is 5.69 Å². The summed E-state index contributed by atoms with van der Waals surface area (Å²) in [6.45, 7) is 8.09. The summed E-state index contributed by atoms with van der Waals surface area (Å²) in [5, 5.41) is 8.48. The lowest BCUT2D eigenvalue weighted by Crippen LogP contribution is -2.43. The van der Waals surface area contributed by atoms with Crippen LogP contribution in [0.5, 0.6) is 5.75 Å². The number of ether oxygens (including phenoxy) is 1. The van der Waals surface area contributed by atoms with E-state index >= 15 is 0 Å². The number of carbonyl (C=O) groups excluding carboxylic acids is 1. The second-order valence-electron chi connectivity index (χ2n) is 6.87. The number of rotatable bonds is 2. The number of para-hydroxylation sites is 1. The van der Waals surface area contributed by atoms with E-state index in [4.69, 9.17) is 11.3 Å². The maximum absolute atomic E-state index is 13.0. The van der Waals surface area contributed by atoms with E-state index in [0.717, 1.165) is 12.8 Å². The van der Waals surface area contributed by atoms with Gasteiger partial charge in [0.25, 0.3) is 11.5 Å². The maximum Gasteiger partial charge on any atom is 0.278 e. The topological polar surface area (TPSA) is 81.7 Å². The van der Waals surface area contributed by atoms with Gasteiger partial charge in [-0.1, -0.05) is 29.5 Å². The molecule has 3 heterocycles. The first kappa shape index (κ1) is 16.4. The summed E-state index contributed by atoms with van der Waals surface area (Å²) < 4.78 is 7.18. The summed E-state index contributed by atoms with van der Waals surface area (Å²) >= 11 is 0. The minimum Gasteiger partial charge on any atom is -0.470 e. The van der Waals surface area contributed by atoms with E-state index in [1.54, 1.807) is 35.2 Å². The van der Waals surface area contributed by atoms with Crippen LogP contribution in [-0.2, 0) is 6.54 Å². The lowest BCUT2D eigenvalue weighted by atomic mass is 10.1. The Balaban J connectivity index is 1.60. The molecule has 0 spiro atoms. The normalized spacial score (nSPS) is 17.8. The minimum absolute atomic E-state index is 0.0948. The van der Waals surface area contributed by atoms with Crippen LogP contribution < -0.4 is 10.3 Å². The van der Waals surface area contributed by atoms with Crippen molar-refractivity contribution in [1.29, 1.82) is 0 Å². The highest BCUT2D eigenvalue weighted by atomic mass is 16.5. The van der Waals surface area contributed by atoms with Gasteiger partial charge < -0.3 is 9.64 Å². The molecule has 8 heteroatoms. The average molecular weight is 373 g/mol. The lowest BCUT2D eigenvalue weighted by Gasteiger charge is -2.31. The number of fused-ring (bicyclic) bond motifs is 3. The molecule has 28 heavy (non-hydrogen) atoms. The molecular weight excluding hydrogens is 358 g/mol. The molecule has 0 aliphatic carbocycles. The van der Waals surface area contributed by atoms with Gasteiger partial charge in [-0.05, 0) is 24.1 Å². The third-order valence-corrected chi connectivity index (χ3v) is 5.21. The molecule has 1 amide bonds. The number of hydrogen-bond donors (Lipinski definition) is 0. The molecule has 1 unspecified atom stereocenters. The summed E-state index contributed by atoms with van der Waals surface area (Å²) in [5.41, 5.74) is 1.59. The van der Waals surface area contributed by atoms with Gasteiger partial charge >= 0.3 is 0 Å². The van der Waals surface area contributed by atoms with Crippen molar-refractivity contribution in [3.05, 3.63) is 69.3 Å². The van der Waals surface area contributed by atoms with Gasteiger partial charge in [-0.3, -0.25) is 9.59 Å². The standard InChI is InChI=1S/C20H15N5O3/c1-21-15-6-3-2-5-12(15)11-25-20(27)13-10-17-14(9-16(13)22-23-25)19(26)24-8-4-7-18(24)28-17/h2-3,5-6,9-10,18H,4,7-8,11H2. The second kappa shape index (κ2) is 6.16. The number of aromatic nitrogens is 3. The summed E-state index contributed by atoms with van der Waals surface area (Å²) in [6.07, 6.45) is 1.42. The van der Waals surface area contributed by atoms with E-state index in [1.807, 2.05) is 6.07 Å².